The van der Waals surface area contributed by atoms with Gasteiger partial charge in [-0.15, -0.1) is 0 Å². The van der Waals surface area contributed by atoms with Crippen molar-refractivity contribution in [2.45, 2.75) is 44.6 Å². The van der Waals surface area contributed by atoms with E-state index in [2.05, 4.69) is 16.8 Å². The number of carbonyl (C=O) groups is 1. The van der Waals surface area contributed by atoms with Crippen LogP contribution in [0, 0.1) is 0 Å². The summed E-state index contributed by atoms with van der Waals surface area (Å²) < 4.78 is 0. The lowest BCUT2D eigenvalue weighted by molar-refractivity contribution is -0.151. The molecule has 0 radical (unpaired) electrons. The van der Waals surface area contributed by atoms with Gasteiger partial charge in [0.05, 0.1) is 6.42 Å². The Balaban J connectivity index is 2.16. The fraction of sp³-hybridized carbons (Fsp3) is 0.900. The van der Waals surface area contributed by atoms with E-state index in [4.69, 9.17) is 5.84 Å². The average molecular weight is 215 g/mol. The average Bonchev–Trinajstić information content (AvgIpc) is 2.27. The van der Waals surface area contributed by atoms with Gasteiger partial charge in [-0.25, -0.2) is 5.84 Å². The maximum absolute atomic E-state index is 11.0. The van der Waals surface area contributed by atoms with Gasteiger partial charge >= 0.3 is 5.97 Å². The zero-order chi connectivity index (χ0) is 11.1. The summed E-state index contributed by atoms with van der Waals surface area (Å²) in [5.74, 6) is 4.57. The molecule has 1 rings (SSSR count). The predicted molar refractivity (Wildman–Crippen MR) is 57.5 cm³/mol. The van der Waals surface area contributed by atoms with Crippen LogP contribution in [0.5, 0.6) is 0 Å². The van der Waals surface area contributed by atoms with Crippen LogP contribution in [0.15, 0.2) is 0 Å². The summed E-state index contributed by atoms with van der Waals surface area (Å²) in [5, 5.41) is 0. The van der Waals surface area contributed by atoms with Gasteiger partial charge in [0.1, 0.15) is 0 Å². The van der Waals surface area contributed by atoms with Crippen LogP contribution in [0.1, 0.15) is 38.5 Å². The van der Waals surface area contributed by atoms with Crippen molar-refractivity contribution in [1.29, 1.82) is 0 Å². The summed E-state index contributed by atoms with van der Waals surface area (Å²) in [7, 11) is 2.07. The van der Waals surface area contributed by atoms with E-state index in [0.29, 0.717) is 12.5 Å². The Kier molecular flexibility index (Phi) is 5.60. The van der Waals surface area contributed by atoms with Gasteiger partial charge in [-0.3, -0.25) is 4.79 Å². The molecular weight excluding hydrogens is 194 g/mol. The molecule has 15 heavy (non-hydrogen) atoms. The zero-order valence-electron chi connectivity index (χ0n) is 9.37. The van der Waals surface area contributed by atoms with Gasteiger partial charge in [0.2, 0.25) is 0 Å². The monoisotopic (exact) mass is 215 g/mol. The van der Waals surface area contributed by atoms with Gasteiger partial charge in [0.25, 0.3) is 0 Å². The molecule has 0 amide bonds. The molecule has 5 nitrogen and oxygen atoms in total. The second-order valence-electron chi connectivity index (χ2n) is 4.11. The summed E-state index contributed by atoms with van der Waals surface area (Å²) >= 11 is 0. The van der Waals surface area contributed by atoms with Crippen molar-refractivity contribution in [1.82, 2.24) is 10.5 Å². The van der Waals surface area contributed by atoms with Gasteiger partial charge in [-0.2, -0.15) is 0 Å². The topological polar surface area (TPSA) is 67.6 Å². The summed E-state index contributed by atoms with van der Waals surface area (Å²) in [6, 6.07) is 0.636. The highest BCUT2D eigenvalue weighted by Crippen LogP contribution is 2.21. The molecule has 3 N–H and O–H groups in total. The predicted octanol–water partition coefficient (Wildman–Crippen LogP) is 0.562. The SMILES string of the molecule is CN(CCC(=O)ONN)C1CCCCC1. The lowest BCUT2D eigenvalue weighted by Gasteiger charge is -2.30. The third-order valence-electron chi connectivity index (χ3n) is 3.04. The fourth-order valence-electron chi connectivity index (χ4n) is 2.09. The molecule has 1 aliphatic carbocycles. The first-order valence-electron chi connectivity index (χ1n) is 5.59. The van der Waals surface area contributed by atoms with Crippen molar-refractivity contribution in [3.63, 3.8) is 0 Å². The Hall–Kier alpha value is -0.650. The first kappa shape index (κ1) is 12.4. The van der Waals surface area contributed by atoms with E-state index in [-0.39, 0.29) is 5.97 Å². The number of carbonyl (C=O) groups excluding carboxylic acids is 1. The van der Waals surface area contributed by atoms with Crippen LogP contribution < -0.4 is 11.4 Å². The van der Waals surface area contributed by atoms with E-state index in [1.165, 1.54) is 32.1 Å². The molecule has 1 saturated carbocycles. The molecule has 0 saturated heterocycles. The summed E-state index contributed by atoms with van der Waals surface area (Å²) in [6.07, 6.45) is 6.86. The van der Waals surface area contributed by atoms with Gasteiger partial charge in [-0.05, 0) is 19.9 Å². The molecule has 0 unspecified atom stereocenters. The molecule has 0 aromatic heterocycles. The van der Waals surface area contributed by atoms with Crippen LogP contribution in [-0.2, 0) is 9.63 Å². The fourth-order valence-corrected chi connectivity index (χ4v) is 2.09. The molecule has 0 aliphatic heterocycles. The van der Waals surface area contributed by atoms with Crippen LogP contribution in [0.2, 0.25) is 0 Å². The van der Waals surface area contributed by atoms with Crippen LogP contribution in [0.4, 0.5) is 0 Å². The number of nitrogens with one attached hydrogen (secondary N) is 1. The van der Waals surface area contributed by atoms with Gasteiger partial charge in [-0.1, -0.05) is 24.9 Å². The second kappa shape index (κ2) is 6.76. The van der Waals surface area contributed by atoms with Crippen LogP contribution in [-0.4, -0.2) is 30.5 Å². The number of hydrogen-bond acceptors (Lipinski definition) is 5. The molecule has 0 aromatic carbocycles. The Bertz CT molecular complexity index is 193. The number of rotatable bonds is 5. The number of nitrogens with zero attached hydrogens (tertiary/aromatic N) is 1. The molecule has 0 spiro atoms. The Morgan fingerprint density at radius 3 is 2.73 bits per heavy atom. The van der Waals surface area contributed by atoms with Gasteiger partial charge < -0.3 is 9.74 Å². The lowest BCUT2D eigenvalue weighted by atomic mass is 9.94. The smallest absolute Gasteiger partial charge is 0.327 e. The molecule has 0 heterocycles. The van der Waals surface area contributed by atoms with E-state index in [1.54, 1.807) is 0 Å². The largest absolute Gasteiger partial charge is 0.356 e. The summed E-state index contributed by atoms with van der Waals surface area (Å²) in [6.45, 7) is 0.741. The molecule has 1 aliphatic rings. The third-order valence-corrected chi connectivity index (χ3v) is 3.04. The Morgan fingerprint density at radius 1 is 1.47 bits per heavy atom. The van der Waals surface area contributed by atoms with Crippen molar-refractivity contribution in [3.8, 4) is 0 Å². The molecule has 5 heteroatoms. The van der Waals surface area contributed by atoms with Crippen molar-refractivity contribution >= 4 is 5.97 Å². The van der Waals surface area contributed by atoms with Crippen LogP contribution in [0.3, 0.4) is 0 Å². The van der Waals surface area contributed by atoms with Crippen molar-refractivity contribution in [2.24, 2.45) is 5.84 Å². The zero-order valence-corrected chi connectivity index (χ0v) is 9.37. The van der Waals surface area contributed by atoms with Crippen LogP contribution in [0.25, 0.3) is 0 Å². The van der Waals surface area contributed by atoms with Crippen molar-refractivity contribution < 1.29 is 9.63 Å². The summed E-state index contributed by atoms with van der Waals surface area (Å²) in [4.78, 5) is 17.7. The number of hydrazine groups is 1. The third kappa shape index (κ3) is 4.59. The number of nitrogens with two attached hydrogens (primary N) is 1. The van der Waals surface area contributed by atoms with E-state index in [9.17, 15) is 4.79 Å². The molecule has 1 fully saturated rings. The summed E-state index contributed by atoms with van der Waals surface area (Å²) in [5.41, 5.74) is 1.90. The highest BCUT2D eigenvalue weighted by atomic mass is 16.7. The normalized spacial score (nSPS) is 18.1. The first-order valence-corrected chi connectivity index (χ1v) is 5.59. The quantitative estimate of drug-likeness (QED) is 0.518. The minimum Gasteiger partial charge on any atom is -0.356 e. The lowest BCUT2D eigenvalue weighted by Crippen LogP contribution is -2.36. The molecule has 0 aromatic rings. The minimum atomic E-state index is -0.305. The second-order valence-corrected chi connectivity index (χ2v) is 4.11. The van der Waals surface area contributed by atoms with E-state index in [0.717, 1.165) is 6.54 Å². The molecule has 0 bridgehead atoms. The van der Waals surface area contributed by atoms with Crippen molar-refractivity contribution in [3.05, 3.63) is 0 Å². The van der Waals surface area contributed by atoms with E-state index in [1.807, 2.05) is 5.59 Å². The molecular formula is C10H21N3O2. The van der Waals surface area contributed by atoms with Crippen molar-refractivity contribution in [2.75, 3.05) is 13.6 Å². The maximum atomic E-state index is 11.0. The highest BCUT2D eigenvalue weighted by Gasteiger charge is 2.18. The molecule has 0 atom stereocenters. The molecule has 88 valence electrons. The van der Waals surface area contributed by atoms with E-state index < -0.39 is 0 Å². The van der Waals surface area contributed by atoms with E-state index >= 15 is 0 Å². The maximum Gasteiger partial charge on any atom is 0.327 e. The minimum absolute atomic E-state index is 0.305. The standard InChI is InChI=1S/C10H21N3O2/c1-13(8-7-10(14)15-12-11)9-5-3-2-4-6-9/h9,12H,2-8,11H2,1H3. The Morgan fingerprint density at radius 2 is 2.13 bits per heavy atom. The van der Waals surface area contributed by atoms with Gasteiger partial charge in [0.15, 0.2) is 0 Å². The van der Waals surface area contributed by atoms with Crippen LogP contribution >= 0.6 is 0 Å². The Labute approximate surface area is 90.9 Å². The number of hydrogen-bond donors (Lipinski definition) is 2. The van der Waals surface area contributed by atoms with Gasteiger partial charge in [0, 0.05) is 12.6 Å². The highest BCUT2D eigenvalue weighted by molar-refractivity contribution is 5.69. The first-order chi connectivity index (χ1) is 7.24.